The molecule has 4 nitrogen and oxygen atoms in total. The molecule has 0 saturated heterocycles. The number of rotatable bonds is 2. The molecule has 0 unspecified atom stereocenters. The zero-order chi connectivity index (χ0) is 9.97. The van der Waals surface area contributed by atoms with E-state index in [0.29, 0.717) is 5.88 Å². The topological polar surface area (TPSA) is 43.6 Å². The van der Waals surface area contributed by atoms with Crippen LogP contribution in [0.25, 0.3) is 5.69 Å². The normalized spacial score (nSPS) is 10.4. The molecule has 0 aromatic carbocycles. The van der Waals surface area contributed by atoms with Crippen molar-refractivity contribution in [3.8, 4) is 5.69 Å². The molecule has 0 N–H and O–H groups in total. The van der Waals surface area contributed by atoms with Crippen molar-refractivity contribution in [2.75, 3.05) is 0 Å². The quantitative estimate of drug-likeness (QED) is 0.706. The molecule has 0 saturated carbocycles. The summed E-state index contributed by atoms with van der Waals surface area (Å²) in [6.45, 7) is 1.99. The van der Waals surface area contributed by atoms with Crippen LogP contribution in [0.15, 0.2) is 24.8 Å². The maximum Gasteiger partial charge on any atom is 0.152 e. The van der Waals surface area contributed by atoms with E-state index in [1.165, 1.54) is 0 Å². The molecule has 5 heteroatoms. The molecular weight excluding hydrogens is 200 g/mol. The second kappa shape index (κ2) is 3.75. The average Bonchev–Trinajstić information content (AvgIpc) is 2.65. The Morgan fingerprint density at radius 1 is 1.43 bits per heavy atom. The van der Waals surface area contributed by atoms with Crippen LogP contribution in [0.4, 0.5) is 0 Å². The van der Waals surface area contributed by atoms with Gasteiger partial charge in [-0.2, -0.15) is 0 Å². The fourth-order valence-electron chi connectivity index (χ4n) is 1.24. The molecule has 2 rings (SSSR count). The first-order valence-electron chi connectivity index (χ1n) is 4.18. The summed E-state index contributed by atoms with van der Waals surface area (Å²) in [6, 6.07) is 2.01. The Kier molecular flexibility index (Phi) is 2.45. The fourth-order valence-corrected chi connectivity index (χ4v) is 1.42. The number of alkyl halides is 1. The first-order chi connectivity index (χ1) is 6.81. The first kappa shape index (κ1) is 9.15. The lowest BCUT2D eigenvalue weighted by atomic mass is 10.3. The largest absolute Gasteiger partial charge is 0.283 e. The number of aromatic nitrogens is 4. The number of aryl methyl sites for hydroxylation is 1. The third-order valence-electron chi connectivity index (χ3n) is 1.88. The highest BCUT2D eigenvalue weighted by atomic mass is 35.5. The summed E-state index contributed by atoms with van der Waals surface area (Å²) in [4.78, 5) is 4.10. The molecule has 0 fully saturated rings. The molecule has 2 aromatic rings. The van der Waals surface area contributed by atoms with Gasteiger partial charge in [0.15, 0.2) is 5.82 Å². The van der Waals surface area contributed by atoms with Gasteiger partial charge < -0.3 is 0 Å². The molecule has 0 atom stereocenters. The van der Waals surface area contributed by atoms with Gasteiger partial charge in [-0.3, -0.25) is 9.55 Å². The van der Waals surface area contributed by atoms with E-state index in [9.17, 15) is 0 Å². The van der Waals surface area contributed by atoms with Crippen LogP contribution >= 0.6 is 11.6 Å². The SMILES string of the molecule is Cc1cncc(-n2cnnc2CCl)c1. The van der Waals surface area contributed by atoms with Gasteiger partial charge in [-0.05, 0) is 18.6 Å². The summed E-state index contributed by atoms with van der Waals surface area (Å²) in [7, 11) is 0. The van der Waals surface area contributed by atoms with E-state index >= 15 is 0 Å². The Morgan fingerprint density at radius 2 is 2.29 bits per heavy atom. The predicted octanol–water partition coefficient (Wildman–Crippen LogP) is 1.71. The van der Waals surface area contributed by atoms with Gasteiger partial charge in [0.05, 0.1) is 17.8 Å². The van der Waals surface area contributed by atoms with Crippen LogP contribution in [0.2, 0.25) is 0 Å². The summed E-state index contributed by atoms with van der Waals surface area (Å²) in [5, 5.41) is 7.69. The first-order valence-corrected chi connectivity index (χ1v) is 4.71. The van der Waals surface area contributed by atoms with Crippen LogP contribution in [0, 0.1) is 6.92 Å². The lowest BCUT2D eigenvalue weighted by molar-refractivity contribution is 0.941. The van der Waals surface area contributed by atoms with Gasteiger partial charge in [-0.25, -0.2) is 0 Å². The van der Waals surface area contributed by atoms with Crippen molar-refractivity contribution in [3.05, 3.63) is 36.2 Å². The van der Waals surface area contributed by atoms with Crippen LogP contribution < -0.4 is 0 Å². The number of pyridine rings is 1. The maximum atomic E-state index is 5.72. The maximum absolute atomic E-state index is 5.72. The molecule has 0 aliphatic rings. The average molecular weight is 209 g/mol. The van der Waals surface area contributed by atoms with E-state index in [4.69, 9.17) is 11.6 Å². The summed E-state index contributed by atoms with van der Waals surface area (Å²) < 4.78 is 1.83. The second-order valence-electron chi connectivity index (χ2n) is 2.97. The Morgan fingerprint density at radius 3 is 3.00 bits per heavy atom. The molecule has 0 bridgehead atoms. The summed E-state index contributed by atoms with van der Waals surface area (Å²) in [5.41, 5.74) is 2.03. The molecule has 2 heterocycles. The fraction of sp³-hybridized carbons (Fsp3) is 0.222. The van der Waals surface area contributed by atoms with Crippen molar-refractivity contribution >= 4 is 11.6 Å². The lowest BCUT2D eigenvalue weighted by Crippen LogP contribution is -1.98. The van der Waals surface area contributed by atoms with Crippen molar-refractivity contribution < 1.29 is 0 Å². The summed E-state index contributed by atoms with van der Waals surface area (Å²) in [5.74, 6) is 1.06. The lowest BCUT2D eigenvalue weighted by Gasteiger charge is -2.03. The van der Waals surface area contributed by atoms with Crippen LogP contribution in [-0.4, -0.2) is 19.7 Å². The molecule has 0 spiro atoms. The zero-order valence-electron chi connectivity index (χ0n) is 7.68. The van der Waals surface area contributed by atoms with Crippen molar-refractivity contribution in [2.24, 2.45) is 0 Å². The minimum absolute atomic E-state index is 0.341. The summed E-state index contributed by atoms with van der Waals surface area (Å²) in [6.07, 6.45) is 5.19. The Balaban J connectivity index is 2.49. The zero-order valence-corrected chi connectivity index (χ0v) is 8.44. The summed E-state index contributed by atoms with van der Waals surface area (Å²) >= 11 is 5.72. The molecule has 14 heavy (non-hydrogen) atoms. The van der Waals surface area contributed by atoms with Gasteiger partial charge in [-0.15, -0.1) is 21.8 Å². The number of nitrogens with zero attached hydrogens (tertiary/aromatic N) is 4. The van der Waals surface area contributed by atoms with Crippen molar-refractivity contribution in [2.45, 2.75) is 12.8 Å². The van der Waals surface area contributed by atoms with Crippen LogP contribution in [0.1, 0.15) is 11.4 Å². The van der Waals surface area contributed by atoms with E-state index in [1.54, 1.807) is 18.7 Å². The van der Waals surface area contributed by atoms with Gasteiger partial charge in [0, 0.05) is 6.20 Å². The Bertz CT molecular complexity index is 438. The smallest absolute Gasteiger partial charge is 0.152 e. The van der Waals surface area contributed by atoms with E-state index < -0.39 is 0 Å². The minimum atomic E-state index is 0.341. The van der Waals surface area contributed by atoms with Crippen molar-refractivity contribution in [1.29, 1.82) is 0 Å². The molecule has 72 valence electrons. The molecule has 0 aliphatic heterocycles. The van der Waals surface area contributed by atoms with Crippen LogP contribution in [-0.2, 0) is 5.88 Å². The molecule has 0 aliphatic carbocycles. The van der Waals surface area contributed by atoms with Gasteiger partial charge in [-0.1, -0.05) is 0 Å². The van der Waals surface area contributed by atoms with E-state index in [2.05, 4.69) is 15.2 Å². The highest BCUT2D eigenvalue weighted by molar-refractivity contribution is 6.16. The predicted molar refractivity (Wildman–Crippen MR) is 53.4 cm³/mol. The monoisotopic (exact) mass is 208 g/mol. The van der Waals surface area contributed by atoms with Crippen LogP contribution in [0.5, 0.6) is 0 Å². The Hall–Kier alpha value is -1.42. The van der Waals surface area contributed by atoms with E-state index in [1.807, 2.05) is 17.6 Å². The van der Waals surface area contributed by atoms with Gasteiger partial charge >= 0.3 is 0 Å². The van der Waals surface area contributed by atoms with Gasteiger partial charge in [0.2, 0.25) is 0 Å². The Labute approximate surface area is 86.6 Å². The molecule has 2 aromatic heterocycles. The highest BCUT2D eigenvalue weighted by Gasteiger charge is 2.04. The number of hydrogen-bond acceptors (Lipinski definition) is 3. The highest BCUT2D eigenvalue weighted by Crippen LogP contribution is 2.10. The van der Waals surface area contributed by atoms with E-state index in [-0.39, 0.29) is 0 Å². The standard InChI is InChI=1S/C9H9ClN4/c1-7-2-8(5-11-4-7)14-6-12-13-9(14)3-10/h2,4-6H,3H2,1H3. The van der Waals surface area contributed by atoms with Gasteiger partial charge in [0.1, 0.15) is 6.33 Å². The van der Waals surface area contributed by atoms with E-state index in [0.717, 1.165) is 17.1 Å². The second-order valence-corrected chi connectivity index (χ2v) is 3.24. The third-order valence-corrected chi connectivity index (χ3v) is 2.12. The van der Waals surface area contributed by atoms with Gasteiger partial charge in [0.25, 0.3) is 0 Å². The molecule has 0 radical (unpaired) electrons. The minimum Gasteiger partial charge on any atom is -0.283 e. The number of halogens is 1. The number of hydrogen-bond donors (Lipinski definition) is 0. The third kappa shape index (κ3) is 1.61. The molecular formula is C9H9ClN4. The molecule has 0 amide bonds. The van der Waals surface area contributed by atoms with Crippen molar-refractivity contribution in [3.63, 3.8) is 0 Å². The van der Waals surface area contributed by atoms with Crippen LogP contribution in [0.3, 0.4) is 0 Å². The van der Waals surface area contributed by atoms with Crippen molar-refractivity contribution in [1.82, 2.24) is 19.7 Å².